The van der Waals surface area contributed by atoms with Crippen LogP contribution in [0.4, 0.5) is 0 Å². The maximum Gasteiger partial charge on any atom is 0.125 e. The van der Waals surface area contributed by atoms with Gasteiger partial charge in [-0.15, -0.1) is 0 Å². The van der Waals surface area contributed by atoms with Crippen LogP contribution in [0.5, 0.6) is 0 Å². The van der Waals surface area contributed by atoms with E-state index in [1.807, 2.05) is 13.1 Å². The summed E-state index contributed by atoms with van der Waals surface area (Å²) in [5.74, 6) is 4.74. The molecule has 4 nitrogen and oxygen atoms in total. The molecule has 1 heterocycles. The van der Waals surface area contributed by atoms with E-state index < -0.39 is 0 Å². The van der Waals surface area contributed by atoms with Gasteiger partial charge in [0, 0.05) is 25.1 Å². The van der Waals surface area contributed by atoms with Gasteiger partial charge in [-0.25, -0.2) is 9.97 Å². The Morgan fingerprint density at radius 2 is 1.74 bits per heavy atom. The lowest BCUT2D eigenvalue weighted by Gasteiger charge is -2.57. The van der Waals surface area contributed by atoms with E-state index >= 15 is 0 Å². The average Bonchev–Trinajstić information content (AvgIpc) is 3.15. The number of fused-ring (bicyclic) bond motifs is 2. The van der Waals surface area contributed by atoms with Gasteiger partial charge >= 0.3 is 0 Å². The highest BCUT2D eigenvalue weighted by Gasteiger charge is 2.58. The highest BCUT2D eigenvalue weighted by Crippen LogP contribution is 2.64. The van der Waals surface area contributed by atoms with Gasteiger partial charge < -0.3 is 10.2 Å². The van der Waals surface area contributed by atoms with Gasteiger partial charge in [0.05, 0.1) is 0 Å². The maximum atomic E-state index is 10.8. The first-order valence-corrected chi connectivity index (χ1v) is 14.2. The molecule has 1 aromatic rings. The fourth-order valence-corrected chi connectivity index (χ4v) is 8.98. The van der Waals surface area contributed by atoms with Gasteiger partial charge in [0.25, 0.3) is 0 Å². The summed E-state index contributed by atoms with van der Waals surface area (Å²) in [6.07, 6.45) is 12.8. The Morgan fingerprint density at radius 3 is 2.41 bits per heavy atom. The van der Waals surface area contributed by atoms with Crippen LogP contribution in [0.1, 0.15) is 96.6 Å². The minimum Gasteiger partial charge on any atom is -0.396 e. The molecule has 0 aliphatic heterocycles. The van der Waals surface area contributed by atoms with Crippen molar-refractivity contribution in [1.82, 2.24) is 9.97 Å². The summed E-state index contributed by atoms with van der Waals surface area (Å²) in [5.41, 5.74) is 2.71. The van der Waals surface area contributed by atoms with E-state index in [0.29, 0.717) is 23.2 Å². The molecule has 4 heteroatoms. The van der Waals surface area contributed by atoms with Gasteiger partial charge in [0.15, 0.2) is 0 Å². The Labute approximate surface area is 208 Å². The standard InChI is InChI=1S/C30H50N2O2/c1-19(2)8-7-9-20(3)25-10-11-26-24(18-34)27(12-13-29(25,26)5)30(6)15-22-16-31-21(4)32-28(22)14-23(30)17-33/h16,19-20,23-27,33-34H,7-15,17-18H2,1-6H3/t20-,23-,24+,25-,26+,27+,29-,30+/m1/s1. The topological polar surface area (TPSA) is 66.2 Å². The summed E-state index contributed by atoms with van der Waals surface area (Å²) in [6.45, 7) is 14.6. The van der Waals surface area contributed by atoms with Crippen molar-refractivity contribution >= 4 is 0 Å². The largest absolute Gasteiger partial charge is 0.396 e. The summed E-state index contributed by atoms with van der Waals surface area (Å²) in [7, 11) is 0. The molecule has 0 spiro atoms. The Hall–Kier alpha value is -1.00. The third-order valence-electron chi connectivity index (χ3n) is 10.9. The number of aliphatic hydroxyl groups excluding tert-OH is 2. The molecule has 2 N–H and O–H groups in total. The predicted molar refractivity (Wildman–Crippen MR) is 138 cm³/mol. The molecule has 0 unspecified atom stereocenters. The number of rotatable bonds is 8. The van der Waals surface area contributed by atoms with Crippen molar-refractivity contribution in [1.29, 1.82) is 0 Å². The smallest absolute Gasteiger partial charge is 0.125 e. The lowest BCUT2D eigenvalue weighted by atomic mass is 9.48. The fourth-order valence-electron chi connectivity index (χ4n) is 8.98. The van der Waals surface area contributed by atoms with Crippen molar-refractivity contribution in [2.24, 2.45) is 52.3 Å². The lowest BCUT2D eigenvalue weighted by molar-refractivity contribution is -0.0942. The van der Waals surface area contributed by atoms with E-state index in [4.69, 9.17) is 4.98 Å². The molecule has 3 aliphatic carbocycles. The predicted octanol–water partition coefficient (Wildman–Crippen LogP) is 6.01. The minimum atomic E-state index is -0.0178. The van der Waals surface area contributed by atoms with E-state index in [2.05, 4.69) is 39.6 Å². The summed E-state index contributed by atoms with van der Waals surface area (Å²) < 4.78 is 0. The van der Waals surface area contributed by atoms with Crippen molar-refractivity contribution in [3.63, 3.8) is 0 Å². The van der Waals surface area contributed by atoms with Crippen LogP contribution in [-0.4, -0.2) is 33.4 Å². The Kier molecular flexibility index (Phi) is 7.80. The molecule has 4 rings (SSSR count). The normalized spacial score (nSPS) is 38.6. The monoisotopic (exact) mass is 470 g/mol. The SMILES string of the molecule is Cc1ncc2c(n1)C[C@H](CO)[C@@](C)([C@H]1CC[C@]3(C)[C@@H]([C@H](C)CCCC(C)C)CC[C@H]3[C@@H]1CO)C2. The molecular formula is C30H50N2O2. The molecule has 0 bridgehead atoms. The second-order valence-electron chi connectivity index (χ2n) is 13.2. The van der Waals surface area contributed by atoms with E-state index in [0.717, 1.165) is 42.1 Å². The molecule has 2 saturated carbocycles. The van der Waals surface area contributed by atoms with Crippen LogP contribution < -0.4 is 0 Å². The second kappa shape index (κ2) is 10.2. The van der Waals surface area contributed by atoms with E-state index in [1.54, 1.807) is 0 Å². The summed E-state index contributed by atoms with van der Waals surface area (Å²) in [4.78, 5) is 9.22. The quantitative estimate of drug-likeness (QED) is 0.488. The molecule has 0 radical (unpaired) electrons. The molecule has 0 aromatic carbocycles. The molecule has 0 saturated heterocycles. The van der Waals surface area contributed by atoms with Crippen LogP contribution >= 0.6 is 0 Å². The first-order valence-electron chi connectivity index (χ1n) is 14.2. The zero-order valence-corrected chi connectivity index (χ0v) is 22.7. The second-order valence-corrected chi connectivity index (χ2v) is 13.2. The number of hydrogen-bond donors (Lipinski definition) is 2. The molecule has 0 amide bonds. The van der Waals surface area contributed by atoms with Gasteiger partial charge in [-0.1, -0.05) is 53.9 Å². The zero-order chi connectivity index (χ0) is 24.7. The third kappa shape index (κ3) is 4.59. The van der Waals surface area contributed by atoms with Crippen molar-refractivity contribution in [3.05, 3.63) is 23.3 Å². The van der Waals surface area contributed by atoms with Crippen LogP contribution in [0.2, 0.25) is 0 Å². The first-order chi connectivity index (χ1) is 16.1. The van der Waals surface area contributed by atoms with Gasteiger partial charge in [-0.3, -0.25) is 0 Å². The number of nitrogens with zero attached hydrogens (tertiary/aromatic N) is 2. The van der Waals surface area contributed by atoms with Crippen molar-refractivity contribution < 1.29 is 10.2 Å². The number of hydrogen-bond acceptors (Lipinski definition) is 4. The minimum absolute atomic E-state index is 0.0178. The van der Waals surface area contributed by atoms with Gasteiger partial charge in [-0.05, 0) is 103 Å². The van der Waals surface area contributed by atoms with Crippen LogP contribution in [0.3, 0.4) is 0 Å². The summed E-state index contributed by atoms with van der Waals surface area (Å²) in [6, 6.07) is 0. The molecule has 3 aliphatic rings. The first kappa shape index (κ1) is 26.1. The molecule has 2 fully saturated rings. The van der Waals surface area contributed by atoms with E-state index in [1.165, 1.54) is 50.5 Å². The van der Waals surface area contributed by atoms with Gasteiger partial charge in [-0.2, -0.15) is 0 Å². The van der Waals surface area contributed by atoms with Crippen LogP contribution in [0.25, 0.3) is 0 Å². The van der Waals surface area contributed by atoms with E-state index in [9.17, 15) is 10.2 Å². The number of aliphatic hydroxyl groups is 2. The van der Waals surface area contributed by atoms with Crippen LogP contribution in [0.15, 0.2) is 6.20 Å². The van der Waals surface area contributed by atoms with Crippen molar-refractivity contribution in [2.45, 2.75) is 99.3 Å². The highest BCUT2D eigenvalue weighted by atomic mass is 16.3. The van der Waals surface area contributed by atoms with Crippen molar-refractivity contribution in [2.75, 3.05) is 13.2 Å². The van der Waals surface area contributed by atoms with E-state index in [-0.39, 0.29) is 24.5 Å². The number of aryl methyl sites for hydroxylation is 1. The van der Waals surface area contributed by atoms with Crippen molar-refractivity contribution in [3.8, 4) is 0 Å². The third-order valence-corrected chi connectivity index (χ3v) is 10.9. The highest BCUT2D eigenvalue weighted by molar-refractivity contribution is 5.25. The molecule has 34 heavy (non-hydrogen) atoms. The maximum absolute atomic E-state index is 10.8. The molecule has 192 valence electrons. The Bertz CT molecular complexity index is 841. The van der Waals surface area contributed by atoms with Gasteiger partial charge in [0.1, 0.15) is 5.82 Å². The molecule has 1 aromatic heterocycles. The average molecular weight is 471 g/mol. The Morgan fingerprint density at radius 1 is 1.00 bits per heavy atom. The van der Waals surface area contributed by atoms with Crippen LogP contribution in [-0.2, 0) is 12.8 Å². The molecule has 8 atom stereocenters. The summed E-state index contributed by atoms with van der Waals surface area (Å²) >= 11 is 0. The zero-order valence-electron chi connectivity index (χ0n) is 22.7. The van der Waals surface area contributed by atoms with Gasteiger partial charge in [0.2, 0.25) is 0 Å². The Balaban J connectivity index is 1.55. The number of aromatic nitrogens is 2. The fraction of sp³-hybridized carbons (Fsp3) is 0.867. The lowest BCUT2D eigenvalue weighted by Crippen LogP contribution is -2.53. The summed E-state index contributed by atoms with van der Waals surface area (Å²) in [5, 5.41) is 21.3. The molecular weight excluding hydrogens is 420 g/mol. The van der Waals surface area contributed by atoms with Crippen LogP contribution in [0, 0.1) is 59.2 Å².